The van der Waals surface area contributed by atoms with Crippen molar-refractivity contribution in [2.75, 3.05) is 52.4 Å². The highest BCUT2D eigenvalue weighted by atomic mass is 16.5. The molecule has 8 nitrogen and oxygen atoms in total. The van der Waals surface area contributed by atoms with Crippen LogP contribution in [0.15, 0.2) is 30.3 Å². The van der Waals surface area contributed by atoms with Gasteiger partial charge in [-0.15, -0.1) is 0 Å². The number of carbonyl (C=O) groups excluding carboxylic acids is 1. The standard InChI is InChI=1S/C25H37N5O3/c1-20-16-21(2)30(26-20)14-15-33-24-6-4-23(5-7-24)17-28-9-8-25(32,19-28)18-27-10-12-29(13-11-27)22(3)31/h4-7,16,32H,8-15,17-19H2,1-3H3/t25-/m1/s1. The van der Waals surface area contributed by atoms with E-state index in [1.807, 2.05) is 28.6 Å². The lowest BCUT2D eigenvalue weighted by Gasteiger charge is -2.38. The number of hydrogen-bond acceptors (Lipinski definition) is 6. The summed E-state index contributed by atoms with van der Waals surface area (Å²) >= 11 is 0. The maximum absolute atomic E-state index is 11.5. The molecule has 0 aliphatic carbocycles. The number of nitrogens with zero attached hydrogens (tertiary/aromatic N) is 5. The molecule has 1 N–H and O–H groups in total. The van der Waals surface area contributed by atoms with E-state index < -0.39 is 5.60 Å². The first-order valence-corrected chi connectivity index (χ1v) is 12.0. The van der Waals surface area contributed by atoms with Crippen LogP contribution in [0.3, 0.4) is 0 Å². The zero-order valence-corrected chi connectivity index (χ0v) is 20.2. The molecule has 0 unspecified atom stereocenters. The zero-order valence-electron chi connectivity index (χ0n) is 20.2. The van der Waals surface area contributed by atoms with Gasteiger partial charge in [0.2, 0.25) is 5.91 Å². The Morgan fingerprint density at radius 3 is 2.45 bits per heavy atom. The van der Waals surface area contributed by atoms with Crippen molar-refractivity contribution >= 4 is 5.91 Å². The van der Waals surface area contributed by atoms with E-state index in [0.29, 0.717) is 19.7 Å². The maximum atomic E-state index is 11.5. The monoisotopic (exact) mass is 455 g/mol. The third-order valence-corrected chi connectivity index (χ3v) is 6.75. The Kier molecular flexibility index (Phi) is 7.36. The van der Waals surface area contributed by atoms with Gasteiger partial charge in [-0.1, -0.05) is 12.1 Å². The Morgan fingerprint density at radius 1 is 1.09 bits per heavy atom. The molecule has 8 heteroatoms. The van der Waals surface area contributed by atoms with Crippen LogP contribution in [0, 0.1) is 13.8 Å². The van der Waals surface area contributed by atoms with E-state index in [-0.39, 0.29) is 5.91 Å². The van der Waals surface area contributed by atoms with Crippen LogP contribution in [0.1, 0.15) is 30.3 Å². The summed E-state index contributed by atoms with van der Waals surface area (Å²) in [6.45, 7) is 13.3. The largest absolute Gasteiger partial charge is 0.492 e. The minimum Gasteiger partial charge on any atom is -0.492 e. The van der Waals surface area contributed by atoms with E-state index in [0.717, 1.165) is 69.4 Å². The van der Waals surface area contributed by atoms with E-state index in [1.54, 1.807) is 6.92 Å². The predicted molar refractivity (Wildman–Crippen MR) is 127 cm³/mol. The summed E-state index contributed by atoms with van der Waals surface area (Å²) in [5.74, 6) is 1.00. The molecule has 33 heavy (non-hydrogen) atoms. The van der Waals surface area contributed by atoms with Gasteiger partial charge in [-0.25, -0.2) is 0 Å². The van der Waals surface area contributed by atoms with Gasteiger partial charge in [-0.2, -0.15) is 5.10 Å². The minimum absolute atomic E-state index is 0.139. The topological polar surface area (TPSA) is 74.1 Å². The summed E-state index contributed by atoms with van der Waals surface area (Å²) in [5.41, 5.74) is 2.72. The van der Waals surface area contributed by atoms with Crippen LogP contribution >= 0.6 is 0 Å². The van der Waals surface area contributed by atoms with Crippen molar-refractivity contribution in [3.05, 3.63) is 47.3 Å². The van der Waals surface area contributed by atoms with E-state index in [2.05, 4.69) is 40.0 Å². The molecule has 0 bridgehead atoms. The van der Waals surface area contributed by atoms with Crippen LogP contribution < -0.4 is 4.74 Å². The minimum atomic E-state index is -0.676. The molecule has 1 aromatic heterocycles. The molecule has 1 aromatic carbocycles. The number of benzene rings is 1. The first-order chi connectivity index (χ1) is 15.8. The second kappa shape index (κ2) is 10.2. The number of likely N-dealkylation sites (tertiary alicyclic amines) is 1. The summed E-state index contributed by atoms with van der Waals surface area (Å²) in [6.07, 6.45) is 0.785. The summed E-state index contributed by atoms with van der Waals surface area (Å²) in [7, 11) is 0. The molecule has 0 spiro atoms. The smallest absolute Gasteiger partial charge is 0.219 e. The number of piperazine rings is 1. The number of aromatic nitrogens is 2. The normalized spacial score (nSPS) is 22.1. The molecule has 2 fully saturated rings. The van der Waals surface area contributed by atoms with Crippen LogP contribution in [-0.4, -0.2) is 93.5 Å². The number of aliphatic hydroxyl groups is 1. The highest BCUT2D eigenvalue weighted by Gasteiger charge is 2.38. The molecule has 2 saturated heterocycles. The van der Waals surface area contributed by atoms with Crippen molar-refractivity contribution in [3.8, 4) is 5.75 Å². The van der Waals surface area contributed by atoms with Crippen molar-refractivity contribution in [1.82, 2.24) is 24.5 Å². The fraction of sp³-hybridized carbons (Fsp3) is 0.600. The highest BCUT2D eigenvalue weighted by Crippen LogP contribution is 2.25. The third-order valence-electron chi connectivity index (χ3n) is 6.75. The van der Waals surface area contributed by atoms with Crippen molar-refractivity contribution < 1.29 is 14.6 Å². The molecule has 2 aliphatic rings. The Morgan fingerprint density at radius 2 is 1.82 bits per heavy atom. The molecule has 180 valence electrons. The van der Waals surface area contributed by atoms with Crippen LogP contribution in [0.4, 0.5) is 0 Å². The Labute approximate surface area is 196 Å². The van der Waals surface area contributed by atoms with E-state index in [9.17, 15) is 9.90 Å². The van der Waals surface area contributed by atoms with Crippen LogP contribution in [-0.2, 0) is 17.9 Å². The van der Waals surface area contributed by atoms with E-state index in [4.69, 9.17) is 4.74 Å². The lowest BCUT2D eigenvalue weighted by atomic mass is 10.0. The molecule has 3 heterocycles. The average Bonchev–Trinajstić information content (AvgIpc) is 3.30. The Bertz CT molecular complexity index is 936. The molecule has 4 rings (SSSR count). The molecule has 1 amide bonds. The molecule has 1 atom stereocenters. The summed E-state index contributed by atoms with van der Waals surface area (Å²) < 4.78 is 7.87. The number of carbonyl (C=O) groups is 1. The van der Waals surface area contributed by atoms with Crippen molar-refractivity contribution in [2.24, 2.45) is 0 Å². The van der Waals surface area contributed by atoms with Crippen molar-refractivity contribution in [2.45, 2.75) is 45.9 Å². The van der Waals surface area contributed by atoms with Crippen LogP contribution in [0.5, 0.6) is 5.75 Å². The van der Waals surface area contributed by atoms with Crippen LogP contribution in [0.2, 0.25) is 0 Å². The quantitative estimate of drug-likeness (QED) is 0.653. The van der Waals surface area contributed by atoms with Gasteiger partial charge in [0.05, 0.1) is 17.8 Å². The van der Waals surface area contributed by atoms with Gasteiger partial charge in [-0.05, 0) is 44.0 Å². The lowest BCUT2D eigenvalue weighted by molar-refractivity contribution is -0.130. The number of hydrogen-bond donors (Lipinski definition) is 1. The van der Waals surface area contributed by atoms with Gasteiger partial charge in [-0.3, -0.25) is 19.3 Å². The fourth-order valence-corrected chi connectivity index (χ4v) is 4.94. The van der Waals surface area contributed by atoms with Crippen molar-refractivity contribution in [3.63, 3.8) is 0 Å². The second-order valence-electron chi connectivity index (χ2n) is 9.61. The average molecular weight is 456 g/mol. The SMILES string of the molecule is CC(=O)N1CCN(C[C@]2(O)CCN(Cc3ccc(OCCn4nc(C)cc4C)cc3)C2)CC1. The molecule has 0 radical (unpaired) electrons. The summed E-state index contributed by atoms with van der Waals surface area (Å²) in [5, 5.41) is 15.6. The molecule has 2 aliphatic heterocycles. The van der Waals surface area contributed by atoms with Crippen molar-refractivity contribution in [1.29, 1.82) is 0 Å². The number of rotatable bonds is 8. The second-order valence-corrected chi connectivity index (χ2v) is 9.61. The van der Waals surface area contributed by atoms with Gasteiger partial charge in [0.1, 0.15) is 12.4 Å². The number of ether oxygens (including phenoxy) is 1. The number of aryl methyl sites for hydroxylation is 2. The number of β-amino-alcohol motifs (C(OH)–C–C–N with tert-alkyl or cyclic N) is 1. The first-order valence-electron chi connectivity index (χ1n) is 12.0. The van der Waals surface area contributed by atoms with Gasteiger partial charge >= 0.3 is 0 Å². The zero-order chi connectivity index (χ0) is 23.4. The molecular weight excluding hydrogens is 418 g/mol. The lowest BCUT2D eigenvalue weighted by Crippen LogP contribution is -2.53. The first kappa shape index (κ1) is 23.7. The van der Waals surface area contributed by atoms with Gasteiger partial charge in [0.25, 0.3) is 0 Å². The molecule has 2 aromatic rings. The number of amides is 1. The van der Waals surface area contributed by atoms with Gasteiger partial charge in [0, 0.05) is 65.0 Å². The van der Waals surface area contributed by atoms with E-state index >= 15 is 0 Å². The Balaban J connectivity index is 1.20. The summed E-state index contributed by atoms with van der Waals surface area (Å²) in [4.78, 5) is 18.0. The summed E-state index contributed by atoms with van der Waals surface area (Å²) in [6, 6.07) is 10.3. The van der Waals surface area contributed by atoms with Crippen LogP contribution in [0.25, 0.3) is 0 Å². The van der Waals surface area contributed by atoms with E-state index in [1.165, 1.54) is 5.56 Å². The third kappa shape index (κ3) is 6.34. The van der Waals surface area contributed by atoms with Gasteiger partial charge < -0.3 is 14.7 Å². The molecule has 0 saturated carbocycles. The molecular formula is C25H37N5O3. The predicted octanol–water partition coefficient (Wildman–Crippen LogP) is 1.68. The fourth-order valence-electron chi connectivity index (χ4n) is 4.94. The maximum Gasteiger partial charge on any atom is 0.219 e. The Hall–Kier alpha value is -2.42. The highest BCUT2D eigenvalue weighted by molar-refractivity contribution is 5.73. The van der Waals surface area contributed by atoms with Gasteiger partial charge in [0.15, 0.2) is 0 Å².